The summed E-state index contributed by atoms with van der Waals surface area (Å²) < 4.78 is 28.8. The molecular formula is C6H14N2O3S. The molecule has 6 heteroatoms. The van der Waals surface area contributed by atoms with Gasteiger partial charge in [-0.05, 0) is 19.3 Å². The number of ether oxygens (including phenoxy) is 1. The Balaban J connectivity index is 2.52. The fourth-order valence-electron chi connectivity index (χ4n) is 1.55. The van der Waals surface area contributed by atoms with Gasteiger partial charge in [0.15, 0.2) is 0 Å². The zero-order valence-electron chi connectivity index (χ0n) is 6.99. The molecule has 0 heterocycles. The van der Waals surface area contributed by atoms with Crippen LogP contribution in [0.15, 0.2) is 0 Å². The summed E-state index contributed by atoms with van der Waals surface area (Å²) in [6.45, 7) is 0. The molecule has 1 aliphatic carbocycles. The zero-order chi connectivity index (χ0) is 9.19. The second-order valence-electron chi connectivity index (χ2n) is 2.97. The van der Waals surface area contributed by atoms with Crippen LogP contribution in [0, 0.1) is 0 Å². The van der Waals surface area contributed by atoms with Gasteiger partial charge >= 0.3 is 0 Å². The summed E-state index contributed by atoms with van der Waals surface area (Å²) in [5.74, 6) is 0. The molecule has 2 atom stereocenters. The summed E-state index contributed by atoms with van der Waals surface area (Å²) in [4.78, 5) is 0. The van der Waals surface area contributed by atoms with Gasteiger partial charge < -0.3 is 4.74 Å². The highest BCUT2D eigenvalue weighted by Gasteiger charge is 2.29. The second kappa shape index (κ2) is 3.69. The molecule has 0 aromatic carbocycles. The van der Waals surface area contributed by atoms with Crippen LogP contribution >= 0.6 is 0 Å². The van der Waals surface area contributed by atoms with E-state index in [1.165, 1.54) is 0 Å². The Bertz CT molecular complexity index is 239. The van der Waals surface area contributed by atoms with Gasteiger partial charge in [-0.2, -0.15) is 13.1 Å². The molecule has 0 saturated heterocycles. The fourth-order valence-corrected chi connectivity index (χ4v) is 2.25. The Kier molecular flexibility index (Phi) is 3.05. The molecule has 0 spiro atoms. The van der Waals surface area contributed by atoms with Crippen LogP contribution in [0.2, 0.25) is 0 Å². The lowest BCUT2D eigenvalue weighted by Crippen LogP contribution is -2.43. The molecule has 1 fully saturated rings. The lowest BCUT2D eigenvalue weighted by molar-refractivity contribution is 0.0916. The van der Waals surface area contributed by atoms with Crippen molar-refractivity contribution in [2.45, 2.75) is 31.4 Å². The van der Waals surface area contributed by atoms with E-state index in [-0.39, 0.29) is 12.1 Å². The molecule has 1 rings (SSSR count). The standard InChI is InChI=1S/C6H14N2O3S/c1-11-6-4-2-3-5(6)8-12(7,9)10/h5-6,8H,2-4H2,1H3,(H2,7,9,10). The maximum Gasteiger partial charge on any atom is 0.274 e. The predicted octanol–water partition coefficient (Wildman–Crippen LogP) is -0.653. The van der Waals surface area contributed by atoms with E-state index in [2.05, 4.69) is 4.72 Å². The van der Waals surface area contributed by atoms with Gasteiger partial charge in [-0.3, -0.25) is 0 Å². The Hall–Kier alpha value is -0.170. The minimum absolute atomic E-state index is 0.0247. The van der Waals surface area contributed by atoms with Crippen molar-refractivity contribution < 1.29 is 13.2 Å². The molecule has 0 aromatic rings. The number of methoxy groups -OCH3 is 1. The number of hydrogen-bond donors (Lipinski definition) is 2. The molecule has 0 aliphatic heterocycles. The highest BCUT2D eigenvalue weighted by atomic mass is 32.2. The molecule has 2 unspecified atom stereocenters. The van der Waals surface area contributed by atoms with Gasteiger partial charge in [0.25, 0.3) is 10.2 Å². The molecular weight excluding hydrogens is 180 g/mol. The van der Waals surface area contributed by atoms with Gasteiger partial charge in [-0.15, -0.1) is 0 Å². The number of hydrogen-bond acceptors (Lipinski definition) is 3. The van der Waals surface area contributed by atoms with E-state index >= 15 is 0 Å². The van der Waals surface area contributed by atoms with Gasteiger partial charge in [0.1, 0.15) is 0 Å². The van der Waals surface area contributed by atoms with Gasteiger partial charge in [0, 0.05) is 13.2 Å². The van der Waals surface area contributed by atoms with Crippen LogP contribution in [0.3, 0.4) is 0 Å². The highest BCUT2D eigenvalue weighted by Crippen LogP contribution is 2.21. The minimum Gasteiger partial charge on any atom is -0.380 e. The third kappa shape index (κ3) is 2.71. The summed E-state index contributed by atoms with van der Waals surface area (Å²) in [6, 6.07) is -0.148. The first kappa shape index (κ1) is 9.91. The predicted molar refractivity (Wildman–Crippen MR) is 44.7 cm³/mol. The van der Waals surface area contributed by atoms with E-state index in [1.807, 2.05) is 0 Å². The van der Waals surface area contributed by atoms with Gasteiger partial charge in [0.05, 0.1) is 6.10 Å². The lowest BCUT2D eigenvalue weighted by atomic mass is 10.2. The van der Waals surface area contributed by atoms with E-state index in [0.717, 1.165) is 19.3 Å². The number of rotatable bonds is 3. The summed E-state index contributed by atoms with van der Waals surface area (Å²) >= 11 is 0. The summed E-state index contributed by atoms with van der Waals surface area (Å²) in [7, 11) is -2.00. The minimum atomic E-state index is -3.58. The quantitative estimate of drug-likeness (QED) is 0.626. The fraction of sp³-hybridized carbons (Fsp3) is 1.00. The van der Waals surface area contributed by atoms with Crippen molar-refractivity contribution in [3.63, 3.8) is 0 Å². The first-order chi connectivity index (χ1) is 5.53. The first-order valence-corrected chi connectivity index (χ1v) is 5.40. The van der Waals surface area contributed by atoms with E-state index < -0.39 is 10.2 Å². The Morgan fingerprint density at radius 2 is 2.17 bits per heavy atom. The van der Waals surface area contributed by atoms with Crippen LogP contribution in [-0.2, 0) is 14.9 Å². The maximum atomic E-state index is 10.7. The average Bonchev–Trinajstić information content (AvgIpc) is 2.31. The molecule has 0 amide bonds. The average molecular weight is 194 g/mol. The van der Waals surface area contributed by atoms with E-state index in [9.17, 15) is 8.42 Å². The molecule has 1 aliphatic rings. The van der Waals surface area contributed by atoms with Crippen LogP contribution in [0.25, 0.3) is 0 Å². The molecule has 0 aromatic heterocycles. The summed E-state index contributed by atoms with van der Waals surface area (Å²) in [5, 5.41) is 4.84. The smallest absolute Gasteiger partial charge is 0.274 e. The second-order valence-corrected chi connectivity index (χ2v) is 4.30. The molecule has 0 bridgehead atoms. The molecule has 3 N–H and O–H groups in total. The largest absolute Gasteiger partial charge is 0.380 e. The zero-order valence-corrected chi connectivity index (χ0v) is 7.80. The van der Waals surface area contributed by atoms with E-state index in [0.29, 0.717) is 0 Å². The van der Waals surface area contributed by atoms with Crippen molar-refractivity contribution in [2.75, 3.05) is 7.11 Å². The Morgan fingerprint density at radius 3 is 2.67 bits per heavy atom. The van der Waals surface area contributed by atoms with Crippen LogP contribution in [0.1, 0.15) is 19.3 Å². The van der Waals surface area contributed by atoms with Gasteiger partial charge in [-0.25, -0.2) is 5.14 Å². The van der Waals surface area contributed by atoms with Crippen molar-refractivity contribution in [1.82, 2.24) is 4.72 Å². The first-order valence-electron chi connectivity index (χ1n) is 3.86. The Morgan fingerprint density at radius 1 is 1.50 bits per heavy atom. The van der Waals surface area contributed by atoms with Crippen LogP contribution in [0.4, 0.5) is 0 Å². The maximum absolute atomic E-state index is 10.7. The lowest BCUT2D eigenvalue weighted by Gasteiger charge is -2.17. The van der Waals surface area contributed by atoms with Crippen molar-refractivity contribution in [3.05, 3.63) is 0 Å². The topological polar surface area (TPSA) is 81.4 Å². The van der Waals surface area contributed by atoms with Crippen LogP contribution in [0.5, 0.6) is 0 Å². The summed E-state index contributed by atoms with van der Waals surface area (Å²) in [5.41, 5.74) is 0. The van der Waals surface area contributed by atoms with Gasteiger partial charge in [-0.1, -0.05) is 0 Å². The monoisotopic (exact) mass is 194 g/mol. The normalized spacial score (nSPS) is 30.8. The van der Waals surface area contributed by atoms with Crippen molar-refractivity contribution in [2.24, 2.45) is 5.14 Å². The van der Waals surface area contributed by atoms with E-state index in [4.69, 9.17) is 9.88 Å². The number of nitrogens with one attached hydrogen (secondary N) is 1. The van der Waals surface area contributed by atoms with Crippen molar-refractivity contribution in [3.8, 4) is 0 Å². The highest BCUT2D eigenvalue weighted by molar-refractivity contribution is 7.87. The van der Waals surface area contributed by atoms with Gasteiger partial charge in [0.2, 0.25) is 0 Å². The SMILES string of the molecule is COC1CCCC1NS(N)(=O)=O. The number of nitrogens with two attached hydrogens (primary N) is 1. The van der Waals surface area contributed by atoms with Crippen molar-refractivity contribution >= 4 is 10.2 Å². The van der Waals surface area contributed by atoms with Crippen LogP contribution in [-0.4, -0.2) is 27.7 Å². The molecule has 0 radical (unpaired) electrons. The third-order valence-corrected chi connectivity index (χ3v) is 2.70. The van der Waals surface area contributed by atoms with Crippen LogP contribution < -0.4 is 9.86 Å². The molecule has 72 valence electrons. The van der Waals surface area contributed by atoms with Crippen molar-refractivity contribution in [1.29, 1.82) is 0 Å². The third-order valence-electron chi connectivity index (χ3n) is 2.07. The molecule has 5 nitrogen and oxygen atoms in total. The Labute approximate surface area is 72.5 Å². The molecule has 12 heavy (non-hydrogen) atoms. The van der Waals surface area contributed by atoms with E-state index in [1.54, 1.807) is 7.11 Å². The summed E-state index contributed by atoms with van der Waals surface area (Å²) in [6.07, 6.45) is 2.65. The molecule has 1 saturated carbocycles.